The number of rotatable bonds is 6. The zero-order valence-corrected chi connectivity index (χ0v) is 16.4. The summed E-state index contributed by atoms with van der Waals surface area (Å²) < 4.78 is 5.53. The first kappa shape index (κ1) is 19.5. The molecule has 0 spiro atoms. The van der Waals surface area contributed by atoms with Gasteiger partial charge in [-0.3, -0.25) is 9.59 Å². The van der Waals surface area contributed by atoms with Gasteiger partial charge in [0.05, 0.1) is 28.3 Å². The van der Waals surface area contributed by atoms with Gasteiger partial charge in [0, 0.05) is 18.7 Å². The molecule has 1 aliphatic heterocycles. The lowest BCUT2D eigenvalue weighted by molar-refractivity contribution is -0.122. The SMILES string of the molecule is CCCOc1ccc(NC(=O)[C@@H]2CC(=O)N(c3cccc(Cl)c3Cl)C2)cc1. The fourth-order valence-corrected chi connectivity index (χ4v) is 3.31. The van der Waals surface area contributed by atoms with Crippen molar-refractivity contribution in [3.63, 3.8) is 0 Å². The smallest absolute Gasteiger partial charge is 0.229 e. The van der Waals surface area contributed by atoms with E-state index in [4.69, 9.17) is 27.9 Å². The molecular formula is C20H20Cl2N2O3. The Bertz CT molecular complexity index is 840. The number of hydrogen-bond donors (Lipinski definition) is 1. The first-order chi connectivity index (χ1) is 13.0. The third-order valence-electron chi connectivity index (χ3n) is 4.31. The molecule has 0 aromatic heterocycles. The number of ether oxygens (including phenoxy) is 1. The third kappa shape index (κ3) is 4.54. The highest BCUT2D eigenvalue weighted by molar-refractivity contribution is 6.44. The highest BCUT2D eigenvalue weighted by Gasteiger charge is 2.36. The fraction of sp³-hybridized carbons (Fsp3) is 0.300. The molecule has 1 atom stereocenters. The van der Waals surface area contributed by atoms with Crippen molar-refractivity contribution in [2.24, 2.45) is 5.92 Å². The lowest BCUT2D eigenvalue weighted by Gasteiger charge is -2.18. The van der Waals surface area contributed by atoms with E-state index in [0.717, 1.165) is 12.2 Å². The average Bonchev–Trinajstić information content (AvgIpc) is 3.05. The van der Waals surface area contributed by atoms with Crippen LogP contribution in [-0.4, -0.2) is 25.0 Å². The number of carbonyl (C=O) groups is 2. The predicted octanol–water partition coefficient (Wildman–Crippen LogP) is 4.77. The number of hydrogen-bond acceptors (Lipinski definition) is 3. The Morgan fingerprint density at radius 2 is 1.96 bits per heavy atom. The van der Waals surface area contributed by atoms with Crippen molar-refractivity contribution in [2.45, 2.75) is 19.8 Å². The molecule has 0 unspecified atom stereocenters. The standard InChI is InChI=1S/C20H20Cl2N2O3/c1-2-10-27-15-8-6-14(7-9-15)23-20(26)13-11-18(25)24(12-13)17-5-3-4-16(21)19(17)22/h3-9,13H,2,10-12H2,1H3,(H,23,26)/t13-/m1/s1. The molecule has 3 rings (SSSR count). The van der Waals surface area contributed by atoms with Crippen LogP contribution in [0.5, 0.6) is 5.75 Å². The summed E-state index contributed by atoms with van der Waals surface area (Å²) in [5.74, 6) is -0.0508. The molecule has 142 valence electrons. The van der Waals surface area contributed by atoms with Crippen LogP contribution < -0.4 is 15.0 Å². The van der Waals surface area contributed by atoms with Crippen LogP contribution in [0.3, 0.4) is 0 Å². The van der Waals surface area contributed by atoms with Gasteiger partial charge in [-0.15, -0.1) is 0 Å². The van der Waals surface area contributed by atoms with Crippen LogP contribution in [0.15, 0.2) is 42.5 Å². The molecule has 1 aliphatic rings. The molecule has 2 amide bonds. The molecule has 27 heavy (non-hydrogen) atoms. The van der Waals surface area contributed by atoms with Crippen molar-refractivity contribution in [1.82, 2.24) is 0 Å². The summed E-state index contributed by atoms with van der Waals surface area (Å²) in [5.41, 5.74) is 1.19. The van der Waals surface area contributed by atoms with Gasteiger partial charge in [0.2, 0.25) is 11.8 Å². The molecule has 1 fully saturated rings. The second kappa shape index (κ2) is 8.63. The minimum Gasteiger partial charge on any atom is -0.494 e. The van der Waals surface area contributed by atoms with E-state index in [1.807, 2.05) is 19.1 Å². The molecule has 0 bridgehead atoms. The summed E-state index contributed by atoms with van der Waals surface area (Å²) in [7, 11) is 0. The molecule has 0 saturated carbocycles. The second-order valence-corrected chi connectivity index (χ2v) is 7.13. The Kier molecular flexibility index (Phi) is 6.24. The molecule has 2 aromatic carbocycles. The maximum atomic E-state index is 12.6. The second-order valence-electron chi connectivity index (χ2n) is 6.34. The van der Waals surface area contributed by atoms with Crippen LogP contribution in [0.25, 0.3) is 0 Å². The summed E-state index contributed by atoms with van der Waals surface area (Å²) in [4.78, 5) is 26.5. The van der Waals surface area contributed by atoms with Gasteiger partial charge in [0.1, 0.15) is 5.75 Å². The highest BCUT2D eigenvalue weighted by atomic mass is 35.5. The lowest BCUT2D eigenvalue weighted by Crippen LogP contribution is -2.28. The van der Waals surface area contributed by atoms with Crippen LogP contribution in [0.1, 0.15) is 19.8 Å². The van der Waals surface area contributed by atoms with Crippen molar-refractivity contribution < 1.29 is 14.3 Å². The van der Waals surface area contributed by atoms with Crippen LogP contribution >= 0.6 is 23.2 Å². The zero-order valence-electron chi connectivity index (χ0n) is 14.9. The number of nitrogens with one attached hydrogen (secondary N) is 1. The third-order valence-corrected chi connectivity index (χ3v) is 5.12. The Labute approximate surface area is 168 Å². The minimum atomic E-state index is -0.455. The van der Waals surface area contributed by atoms with Gasteiger partial charge in [0.25, 0.3) is 0 Å². The highest BCUT2D eigenvalue weighted by Crippen LogP contribution is 2.35. The fourth-order valence-electron chi connectivity index (χ4n) is 2.92. The molecule has 1 heterocycles. The molecule has 5 nitrogen and oxygen atoms in total. The Hall–Kier alpha value is -2.24. The topological polar surface area (TPSA) is 58.6 Å². The normalized spacial score (nSPS) is 16.5. The van der Waals surface area contributed by atoms with E-state index in [2.05, 4.69) is 5.32 Å². The van der Waals surface area contributed by atoms with Gasteiger partial charge in [-0.05, 0) is 42.8 Å². The Balaban J connectivity index is 1.64. The van der Waals surface area contributed by atoms with Crippen LogP contribution in [-0.2, 0) is 9.59 Å². The molecule has 1 N–H and O–H groups in total. The number of halogens is 2. The van der Waals surface area contributed by atoms with Crippen LogP contribution in [0.4, 0.5) is 11.4 Å². The van der Waals surface area contributed by atoms with Gasteiger partial charge in [0.15, 0.2) is 0 Å². The summed E-state index contributed by atoms with van der Waals surface area (Å²) >= 11 is 12.2. The maximum absolute atomic E-state index is 12.6. The largest absolute Gasteiger partial charge is 0.494 e. The molecule has 2 aromatic rings. The van der Waals surface area contributed by atoms with Gasteiger partial charge >= 0.3 is 0 Å². The molecule has 7 heteroatoms. The lowest BCUT2D eigenvalue weighted by atomic mass is 10.1. The number of nitrogens with zero attached hydrogens (tertiary/aromatic N) is 1. The first-order valence-corrected chi connectivity index (χ1v) is 9.53. The van der Waals surface area contributed by atoms with E-state index in [9.17, 15) is 9.59 Å². The van der Waals surface area contributed by atoms with E-state index in [1.54, 1.807) is 30.3 Å². The van der Waals surface area contributed by atoms with Crippen molar-refractivity contribution >= 4 is 46.4 Å². The van der Waals surface area contributed by atoms with Gasteiger partial charge < -0.3 is 15.0 Å². The predicted molar refractivity (Wildman–Crippen MR) is 108 cm³/mol. The molecular weight excluding hydrogens is 387 g/mol. The van der Waals surface area contributed by atoms with E-state index in [1.165, 1.54) is 4.90 Å². The molecule has 1 saturated heterocycles. The zero-order chi connectivity index (χ0) is 19.4. The Morgan fingerprint density at radius 1 is 1.22 bits per heavy atom. The molecule has 0 radical (unpaired) electrons. The van der Waals surface area contributed by atoms with Crippen molar-refractivity contribution in [3.8, 4) is 5.75 Å². The van der Waals surface area contributed by atoms with E-state index >= 15 is 0 Å². The van der Waals surface area contributed by atoms with Gasteiger partial charge in [-0.25, -0.2) is 0 Å². The number of benzene rings is 2. The molecule has 0 aliphatic carbocycles. The summed E-state index contributed by atoms with van der Waals surface area (Å²) in [6.45, 7) is 2.96. The summed E-state index contributed by atoms with van der Waals surface area (Å²) in [5, 5.41) is 3.54. The maximum Gasteiger partial charge on any atom is 0.229 e. The number of carbonyl (C=O) groups excluding carboxylic acids is 2. The quantitative estimate of drug-likeness (QED) is 0.750. The number of anilines is 2. The van der Waals surface area contributed by atoms with Crippen molar-refractivity contribution in [2.75, 3.05) is 23.4 Å². The number of amides is 2. The van der Waals surface area contributed by atoms with E-state index < -0.39 is 5.92 Å². The van der Waals surface area contributed by atoms with Crippen LogP contribution in [0.2, 0.25) is 10.0 Å². The van der Waals surface area contributed by atoms with Crippen LogP contribution in [0, 0.1) is 5.92 Å². The Morgan fingerprint density at radius 3 is 2.67 bits per heavy atom. The minimum absolute atomic E-state index is 0.131. The van der Waals surface area contributed by atoms with Gasteiger partial charge in [-0.2, -0.15) is 0 Å². The van der Waals surface area contributed by atoms with Crippen molar-refractivity contribution in [3.05, 3.63) is 52.5 Å². The summed E-state index contributed by atoms with van der Waals surface area (Å²) in [6, 6.07) is 12.3. The average molecular weight is 407 g/mol. The first-order valence-electron chi connectivity index (χ1n) is 8.77. The van der Waals surface area contributed by atoms with Gasteiger partial charge in [-0.1, -0.05) is 36.2 Å². The van der Waals surface area contributed by atoms with Crippen molar-refractivity contribution in [1.29, 1.82) is 0 Å². The van der Waals surface area contributed by atoms with E-state index in [0.29, 0.717) is 28.0 Å². The monoisotopic (exact) mass is 406 g/mol. The summed E-state index contributed by atoms with van der Waals surface area (Å²) in [6.07, 6.45) is 1.06. The van der Waals surface area contributed by atoms with E-state index in [-0.39, 0.29) is 24.8 Å².